The van der Waals surface area contributed by atoms with Crippen molar-refractivity contribution in [3.8, 4) is 0 Å². The third kappa shape index (κ3) is 5.62. The van der Waals surface area contributed by atoms with Crippen molar-refractivity contribution < 1.29 is 35.9 Å². The van der Waals surface area contributed by atoms with Crippen LogP contribution in [0.2, 0.25) is 0 Å². The number of benzene rings is 2. The molecule has 0 amide bonds. The van der Waals surface area contributed by atoms with E-state index in [-0.39, 0.29) is 13.2 Å². The van der Waals surface area contributed by atoms with Gasteiger partial charge in [0.15, 0.2) is 0 Å². The summed E-state index contributed by atoms with van der Waals surface area (Å²) in [4.78, 5) is 14.8. The van der Waals surface area contributed by atoms with Crippen molar-refractivity contribution in [1.29, 1.82) is 0 Å². The van der Waals surface area contributed by atoms with Gasteiger partial charge in [0.2, 0.25) is 0 Å². The first-order valence-electron chi connectivity index (χ1n) is 10.1. The van der Waals surface area contributed by atoms with E-state index in [1.54, 1.807) is 6.92 Å². The maximum absolute atomic E-state index is 12.9. The van der Waals surface area contributed by atoms with Gasteiger partial charge in [-0.25, -0.2) is 0 Å². The molecule has 32 heavy (non-hydrogen) atoms. The van der Waals surface area contributed by atoms with E-state index in [2.05, 4.69) is 0 Å². The number of hydrogen-bond donors (Lipinski definition) is 0. The van der Waals surface area contributed by atoms with Gasteiger partial charge in [-0.15, -0.1) is 0 Å². The Morgan fingerprint density at radius 1 is 0.875 bits per heavy atom. The Morgan fingerprint density at radius 3 is 1.88 bits per heavy atom. The number of rotatable bonds is 5. The molecule has 1 aliphatic rings. The summed E-state index contributed by atoms with van der Waals surface area (Å²) in [5.74, 6) is -0.510. The lowest BCUT2D eigenvalue weighted by Gasteiger charge is -2.42. The number of esters is 1. The largest absolute Gasteiger partial charge is 0.459 e. The molecule has 3 rings (SSSR count). The number of likely N-dealkylation sites (tertiary alicyclic amines) is 1. The maximum atomic E-state index is 12.9. The lowest BCUT2D eigenvalue weighted by molar-refractivity contribution is -0.162. The summed E-state index contributed by atoms with van der Waals surface area (Å²) in [6.45, 7) is 2.42. The third-order valence-electron chi connectivity index (χ3n) is 5.79. The topological polar surface area (TPSA) is 29.5 Å². The van der Waals surface area contributed by atoms with Gasteiger partial charge < -0.3 is 4.74 Å². The summed E-state index contributed by atoms with van der Waals surface area (Å²) in [7, 11) is 0. The van der Waals surface area contributed by atoms with E-state index in [1.807, 2.05) is 4.90 Å². The zero-order valence-electron chi connectivity index (χ0n) is 17.4. The van der Waals surface area contributed by atoms with Crippen LogP contribution in [0.5, 0.6) is 0 Å². The highest BCUT2D eigenvalue weighted by Gasteiger charge is 2.42. The van der Waals surface area contributed by atoms with Gasteiger partial charge >= 0.3 is 18.3 Å². The summed E-state index contributed by atoms with van der Waals surface area (Å²) >= 11 is 0. The maximum Gasteiger partial charge on any atom is 0.416 e. The van der Waals surface area contributed by atoms with Gasteiger partial charge in [0.25, 0.3) is 0 Å². The Kier molecular flexibility index (Phi) is 6.88. The molecule has 1 saturated heterocycles. The van der Waals surface area contributed by atoms with E-state index in [4.69, 9.17) is 4.74 Å². The molecular weight excluding hydrogens is 436 g/mol. The van der Waals surface area contributed by atoms with E-state index in [0.29, 0.717) is 24.1 Å². The fraction of sp³-hybridized carbons (Fsp3) is 0.435. The second-order valence-electron chi connectivity index (χ2n) is 8.12. The van der Waals surface area contributed by atoms with E-state index in [9.17, 15) is 31.1 Å². The minimum absolute atomic E-state index is 0.166. The molecule has 2 aromatic rings. The molecule has 0 aromatic heterocycles. The molecule has 0 aliphatic carbocycles. The van der Waals surface area contributed by atoms with Crippen LogP contribution >= 0.6 is 0 Å². The molecule has 0 unspecified atom stereocenters. The number of nitrogens with zero attached hydrogens (tertiary/aromatic N) is 1. The lowest BCUT2D eigenvalue weighted by atomic mass is 9.88. The highest BCUT2D eigenvalue weighted by atomic mass is 19.4. The summed E-state index contributed by atoms with van der Waals surface area (Å²) in [6, 6.07) is 9.21. The van der Waals surface area contributed by atoms with Crippen LogP contribution < -0.4 is 0 Å². The third-order valence-corrected chi connectivity index (χ3v) is 5.79. The van der Waals surface area contributed by atoms with E-state index in [0.717, 1.165) is 37.1 Å². The van der Waals surface area contributed by atoms with Crippen LogP contribution in [0.15, 0.2) is 48.5 Å². The molecule has 1 atom stereocenters. The molecule has 3 nitrogen and oxygen atoms in total. The van der Waals surface area contributed by atoms with Crippen molar-refractivity contribution in [2.24, 2.45) is 0 Å². The van der Waals surface area contributed by atoms with Crippen LogP contribution in [0.3, 0.4) is 0 Å². The molecule has 2 aromatic carbocycles. The fourth-order valence-corrected chi connectivity index (χ4v) is 3.78. The molecule has 174 valence electrons. The van der Waals surface area contributed by atoms with Gasteiger partial charge in [-0.1, -0.05) is 24.3 Å². The normalized spacial score (nSPS) is 20.2. The summed E-state index contributed by atoms with van der Waals surface area (Å²) in [6.07, 6.45) is -6.72. The zero-order chi connectivity index (χ0) is 23.6. The predicted molar refractivity (Wildman–Crippen MR) is 105 cm³/mol. The molecule has 1 heterocycles. The van der Waals surface area contributed by atoms with Crippen LogP contribution in [-0.2, 0) is 35.0 Å². The van der Waals surface area contributed by atoms with Crippen LogP contribution in [0.4, 0.5) is 26.3 Å². The van der Waals surface area contributed by atoms with E-state index in [1.165, 1.54) is 24.3 Å². The van der Waals surface area contributed by atoms with Crippen LogP contribution in [0, 0.1) is 0 Å². The Hall–Kier alpha value is -2.55. The molecule has 0 saturated carbocycles. The molecular formula is C23H23F6NO2. The van der Waals surface area contributed by atoms with Gasteiger partial charge in [0.05, 0.1) is 11.1 Å². The predicted octanol–water partition coefficient (Wildman–Crippen LogP) is 6.21. The van der Waals surface area contributed by atoms with Crippen LogP contribution in [0.25, 0.3) is 0 Å². The minimum Gasteiger partial charge on any atom is -0.459 e. The quantitative estimate of drug-likeness (QED) is 0.393. The number of ether oxygens (including phenoxy) is 1. The number of alkyl halides is 6. The van der Waals surface area contributed by atoms with Crippen molar-refractivity contribution in [2.75, 3.05) is 6.54 Å². The van der Waals surface area contributed by atoms with Gasteiger partial charge in [-0.3, -0.25) is 9.69 Å². The average molecular weight is 459 g/mol. The Morgan fingerprint density at radius 2 is 1.38 bits per heavy atom. The summed E-state index contributed by atoms with van der Waals surface area (Å²) in [5, 5.41) is 0. The van der Waals surface area contributed by atoms with Crippen molar-refractivity contribution in [3.63, 3.8) is 0 Å². The first kappa shape index (κ1) is 24.1. The molecule has 0 bridgehead atoms. The standard InChI is InChI=1S/C23H23F6NO2/c1-21(20(31)32-15-17-6-10-19(11-7-17)23(27,28)29)12-2-3-13-30(21)14-16-4-8-18(9-5-16)22(24,25)26/h4-11H,2-3,12-15H2,1H3/t21-/m1/s1. The number of carbonyl (C=O) groups is 1. The first-order chi connectivity index (χ1) is 14.9. The van der Waals surface area contributed by atoms with Gasteiger partial charge in [-0.2, -0.15) is 26.3 Å². The number of halogens is 6. The second-order valence-corrected chi connectivity index (χ2v) is 8.12. The molecule has 0 radical (unpaired) electrons. The Bertz CT molecular complexity index is 921. The van der Waals surface area contributed by atoms with E-state index < -0.39 is 35.0 Å². The first-order valence-corrected chi connectivity index (χ1v) is 10.1. The smallest absolute Gasteiger partial charge is 0.416 e. The second kappa shape index (κ2) is 9.13. The van der Waals surface area contributed by atoms with Gasteiger partial charge in [-0.05, 0) is 68.1 Å². The molecule has 1 fully saturated rings. The molecule has 0 spiro atoms. The fourth-order valence-electron chi connectivity index (χ4n) is 3.78. The van der Waals surface area contributed by atoms with E-state index >= 15 is 0 Å². The summed E-state index contributed by atoms with van der Waals surface area (Å²) < 4.78 is 81.8. The monoisotopic (exact) mass is 459 g/mol. The SMILES string of the molecule is C[C@]1(C(=O)OCc2ccc(C(F)(F)F)cc2)CCCCN1Cc1ccc(C(F)(F)F)cc1. The van der Waals surface area contributed by atoms with Crippen molar-refractivity contribution in [2.45, 2.75) is 57.2 Å². The molecule has 1 aliphatic heterocycles. The van der Waals surface area contributed by atoms with Crippen molar-refractivity contribution >= 4 is 5.97 Å². The molecule has 0 N–H and O–H groups in total. The Labute approximate surface area is 182 Å². The van der Waals surface area contributed by atoms with Crippen LogP contribution in [-0.4, -0.2) is 23.0 Å². The summed E-state index contributed by atoms with van der Waals surface area (Å²) in [5.41, 5.74) is -1.43. The zero-order valence-corrected chi connectivity index (χ0v) is 17.4. The van der Waals surface area contributed by atoms with Gasteiger partial charge in [0.1, 0.15) is 12.1 Å². The molecule has 9 heteroatoms. The highest BCUT2D eigenvalue weighted by molar-refractivity contribution is 5.80. The van der Waals surface area contributed by atoms with Crippen molar-refractivity contribution in [3.05, 3.63) is 70.8 Å². The number of piperidine rings is 1. The highest BCUT2D eigenvalue weighted by Crippen LogP contribution is 2.33. The lowest BCUT2D eigenvalue weighted by Crippen LogP contribution is -2.55. The van der Waals surface area contributed by atoms with Gasteiger partial charge in [0, 0.05) is 6.54 Å². The minimum atomic E-state index is -4.44. The number of carbonyl (C=O) groups excluding carboxylic acids is 1. The average Bonchev–Trinajstić information content (AvgIpc) is 2.73. The van der Waals surface area contributed by atoms with Crippen molar-refractivity contribution in [1.82, 2.24) is 4.90 Å². The number of hydrogen-bond acceptors (Lipinski definition) is 3. The van der Waals surface area contributed by atoms with Crippen LogP contribution in [0.1, 0.15) is 48.4 Å². The Balaban J connectivity index is 1.66.